The minimum absolute atomic E-state index is 0.0289. The Balaban J connectivity index is 1.97. The summed E-state index contributed by atoms with van der Waals surface area (Å²) in [5.41, 5.74) is 2.03. The Morgan fingerprint density at radius 1 is 1.31 bits per heavy atom. The highest BCUT2D eigenvalue weighted by Gasteiger charge is 2.35. The fourth-order valence-corrected chi connectivity index (χ4v) is 3.32. The average Bonchev–Trinajstić information content (AvgIpc) is 2.72. The van der Waals surface area contributed by atoms with Crippen LogP contribution in [0.15, 0.2) is 11.6 Å². The van der Waals surface area contributed by atoms with Gasteiger partial charge in [-0.1, -0.05) is 38.8 Å². The van der Waals surface area contributed by atoms with Gasteiger partial charge in [-0.15, -0.1) is 0 Å². The van der Waals surface area contributed by atoms with Crippen LogP contribution in [0.1, 0.15) is 59.3 Å². The van der Waals surface area contributed by atoms with Crippen molar-refractivity contribution in [2.24, 2.45) is 17.3 Å². The molecular weight excluding hydrogens is 196 g/mol. The molecule has 2 saturated carbocycles. The molecule has 92 valence electrons. The summed E-state index contributed by atoms with van der Waals surface area (Å²) < 4.78 is 0. The zero-order chi connectivity index (χ0) is 11.8. The van der Waals surface area contributed by atoms with Gasteiger partial charge in [0.25, 0.3) is 0 Å². The topological polar surface area (TPSA) is 20.2 Å². The summed E-state index contributed by atoms with van der Waals surface area (Å²) in [7, 11) is 0. The van der Waals surface area contributed by atoms with Crippen molar-refractivity contribution in [3.05, 3.63) is 11.6 Å². The van der Waals surface area contributed by atoms with Crippen molar-refractivity contribution in [2.75, 3.05) is 0 Å². The maximum atomic E-state index is 9.82. The monoisotopic (exact) mass is 222 g/mol. The zero-order valence-corrected chi connectivity index (χ0v) is 11.0. The van der Waals surface area contributed by atoms with Crippen LogP contribution in [0.2, 0.25) is 0 Å². The number of aliphatic hydroxyl groups excluding tert-OH is 1. The minimum atomic E-state index is -0.0289. The first-order valence-electron chi connectivity index (χ1n) is 6.89. The van der Waals surface area contributed by atoms with Gasteiger partial charge in [0.1, 0.15) is 0 Å². The summed E-state index contributed by atoms with van der Waals surface area (Å²) in [6.07, 6.45) is 9.60. The third kappa shape index (κ3) is 2.20. The van der Waals surface area contributed by atoms with E-state index in [1.807, 2.05) is 0 Å². The van der Waals surface area contributed by atoms with Crippen LogP contribution in [-0.4, -0.2) is 11.2 Å². The van der Waals surface area contributed by atoms with Gasteiger partial charge in [0.05, 0.1) is 6.10 Å². The molecule has 3 atom stereocenters. The molecule has 1 N–H and O–H groups in total. The van der Waals surface area contributed by atoms with E-state index in [1.54, 1.807) is 5.57 Å². The molecule has 0 amide bonds. The van der Waals surface area contributed by atoms with E-state index in [2.05, 4.69) is 26.8 Å². The summed E-state index contributed by atoms with van der Waals surface area (Å²) in [5, 5.41) is 9.82. The number of hydrogen-bond acceptors (Lipinski definition) is 1. The van der Waals surface area contributed by atoms with Crippen LogP contribution in [-0.2, 0) is 0 Å². The number of aliphatic hydroxyl groups is 1. The smallest absolute Gasteiger partial charge is 0.0571 e. The maximum Gasteiger partial charge on any atom is 0.0571 e. The van der Waals surface area contributed by atoms with E-state index >= 15 is 0 Å². The van der Waals surface area contributed by atoms with Crippen LogP contribution in [0.3, 0.4) is 0 Å². The van der Waals surface area contributed by atoms with Crippen molar-refractivity contribution in [1.29, 1.82) is 0 Å². The van der Waals surface area contributed by atoms with E-state index < -0.39 is 0 Å². The predicted molar refractivity (Wildman–Crippen MR) is 68.2 cm³/mol. The Bertz CT molecular complexity index is 277. The fraction of sp³-hybridized carbons (Fsp3) is 0.867. The molecule has 1 heteroatoms. The van der Waals surface area contributed by atoms with Crippen molar-refractivity contribution < 1.29 is 5.11 Å². The molecular formula is C15H26O. The lowest BCUT2D eigenvalue weighted by atomic mass is 9.79. The van der Waals surface area contributed by atoms with Crippen LogP contribution in [0.4, 0.5) is 0 Å². The van der Waals surface area contributed by atoms with Crippen molar-refractivity contribution >= 4 is 0 Å². The van der Waals surface area contributed by atoms with E-state index in [4.69, 9.17) is 0 Å². The molecule has 1 nitrogen and oxygen atoms in total. The molecule has 3 unspecified atom stereocenters. The molecule has 0 aromatic heterocycles. The Labute approximate surface area is 99.9 Å². The highest BCUT2D eigenvalue weighted by molar-refractivity contribution is 5.18. The molecule has 0 bridgehead atoms. The Hall–Kier alpha value is -0.300. The van der Waals surface area contributed by atoms with E-state index in [0.717, 1.165) is 18.8 Å². The van der Waals surface area contributed by atoms with Crippen LogP contribution in [0.25, 0.3) is 0 Å². The fourth-order valence-electron chi connectivity index (χ4n) is 3.32. The zero-order valence-electron chi connectivity index (χ0n) is 11.0. The first-order valence-corrected chi connectivity index (χ1v) is 6.89. The van der Waals surface area contributed by atoms with Crippen LogP contribution in [0, 0.1) is 17.3 Å². The largest absolute Gasteiger partial charge is 0.393 e. The van der Waals surface area contributed by atoms with Crippen LogP contribution < -0.4 is 0 Å². The Kier molecular flexibility index (Phi) is 3.44. The van der Waals surface area contributed by atoms with Gasteiger partial charge in [0.2, 0.25) is 0 Å². The molecule has 0 aromatic carbocycles. The van der Waals surface area contributed by atoms with E-state index in [0.29, 0.717) is 11.3 Å². The van der Waals surface area contributed by atoms with Crippen molar-refractivity contribution in [1.82, 2.24) is 0 Å². The van der Waals surface area contributed by atoms with E-state index in [1.165, 1.54) is 25.7 Å². The molecule has 2 rings (SSSR count). The van der Waals surface area contributed by atoms with Crippen molar-refractivity contribution in [2.45, 2.75) is 65.4 Å². The molecule has 0 radical (unpaired) electrons. The molecule has 0 spiro atoms. The molecule has 0 heterocycles. The maximum absolute atomic E-state index is 9.82. The molecule has 2 fully saturated rings. The minimum Gasteiger partial charge on any atom is -0.393 e. The third-order valence-corrected chi connectivity index (χ3v) is 5.19. The standard InChI is InChI=1S/C15H26O/c1-11-7-9-13(15(11,2)3)10-8-12-5-4-6-14(12)16/h10-12,14,16H,4-9H2,1-3H3/b13-10-. The highest BCUT2D eigenvalue weighted by atomic mass is 16.3. The SMILES string of the molecule is CC1CC/C(=C/CC2CCCC2O)C1(C)C. The number of allylic oxidation sites excluding steroid dienone is 2. The van der Waals surface area contributed by atoms with Crippen molar-refractivity contribution in [3.63, 3.8) is 0 Å². The van der Waals surface area contributed by atoms with Gasteiger partial charge in [0, 0.05) is 0 Å². The lowest BCUT2D eigenvalue weighted by Crippen LogP contribution is -2.17. The van der Waals surface area contributed by atoms with E-state index in [9.17, 15) is 5.11 Å². The summed E-state index contributed by atoms with van der Waals surface area (Å²) >= 11 is 0. The van der Waals surface area contributed by atoms with Crippen LogP contribution in [0.5, 0.6) is 0 Å². The van der Waals surface area contributed by atoms with Gasteiger partial charge < -0.3 is 5.11 Å². The van der Waals surface area contributed by atoms with Gasteiger partial charge in [0.15, 0.2) is 0 Å². The highest BCUT2D eigenvalue weighted by Crippen LogP contribution is 2.47. The summed E-state index contributed by atoms with van der Waals surface area (Å²) in [4.78, 5) is 0. The molecule has 2 aliphatic carbocycles. The molecule has 0 aliphatic heterocycles. The lowest BCUT2D eigenvalue weighted by molar-refractivity contribution is 0.134. The third-order valence-electron chi connectivity index (χ3n) is 5.19. The first kappa shape index (κ1) is 12.2. The number of rotatable bonds is 2. The second-order valence-corrected chi connectivity index (χ2v) is 6.38. The lowest BCUT2D eigenvalue weighted by Gasteiger charge is -2.26. The average molecular weight is 222 g/mol. The van der Waals surface area contributed by atoms with Gasteiger partial charge in [-0.3, -0.25) is 0 Å². The Morgan fingerprint density at radius 3 is 2.56 bits per heavy atom. The normalized spacial score (nSPS) is 40.8. The summed E-state index contributed by atoms with van der Waals surface area (Å²) in [6, 6.07) is 0. The quantitative estimate of drug-likeness (QED) is 0.702. The van der Waals surface area contributed by atoms with Gasteiger partial charge in [-0.25, -0.2) is 0 Å². The molecule has 0 aromatic rings. The van der Waals surface area contributed by atoms with Crippen molar-refractivity contribution in [3.8, 4) is 0 Å². The van der Waals surface area contributed by atoms with Crippen LogP contribution >= 0.6 is 0 Å². The summed E-state index contributed by atoms with van der Waals surface area (Å²) in [6.45, 7) is 7.12. The van der Waals surface area contributed by atoms with E-state index in [-0.39, 0.29) is 6.10 Å². The summed E-state index contributed by atoms with van der Waals surface area (Å²) in [5.74, 6) is 1.35. The first-order chi connectivity index (χ1) is 7.51. The molecule has 0 saturated heterocycles. The second kappa shape index (κ2) is 4.52. The predicted octanol–water partition coefficient (Wildman–Crippen LogP) is 3.92. The second-order valence-electron chi connectivity index (χ2n) is 6.38. The van der Waals surface area contributed by atoms with Gasteiger partial charge in [-0.05, 0) is 49.4 Å². The van der Waals surface area contributed by atoms with Gasteiger partial charge in [-0.2, -0.15) is 0 Å². The number of hydrogen-bond donors (Lipinski definition) is 1. The Morgan fingerprint density at radius 2 is 2.06 bits per heavy atom. The van der Waals surface area contributed by atoms with Gasteiger partial charge >= 0.3 is 0 Å². The molecule has 16 heavy (non-hydrogen) atoms. The molecule has 2 aliphatic rings.